The van der Waals surface area contributed by atoms with Crippen molar-refractivity contribution in [2.75, 3.05) is 5.75 Å². The number of carboxylic acid groups (broad SMARTS) is 2. The van der Waals surface area contributed by atoms with E-state index in [0.29, 0.717) is 12.2 Å². The summed E-state index contributed by atoms with van der Waals surface area (Å²) in [4.78, 5) is 19.7. The molecule has 0 amide bonds. The van der Waals surface area contributed by atoms with Crippen molar-refractivity contribution in [3.05, 3.63) is 30.3 Å². The quantitative estimate of drug-likeness (QED) is 0.0722. The van der Waals surface area contributed by atoms with Gasteiger partial charge in [0.1, 0.15) is 11.0 Å². The number of hydrogen-bond acceptors (Lipinski definition) is 9. The van der Waals surface area contributed by atoms with E-state index < -0.39 is 43.8 Å². The summed E-state index contributed by atoms with van der Waals surface area (Å²) in [5.74, 6) is -3.57. The van der Waals surface area contributed by atoms with Gasteiger partial charge in [-0.2, -0.15) is 16.8 Å². The Morgan fingerprint density at radius 1 is 0.789 bits per heavy atom. The fraction of sp³-hybridized carbons (Fsp3) is 0.667. The normalized spacial score (nSPS) is 11.6. The average Bonchev–Trinajstić information content (AvgIpc) is 2.78. The fourth-order valence-corrected chi connectivity index (χ4v) is 4.88. The predicted octanol–water partition coefficient (Wildman–Crippen LogP) is -3.76. The van der Waals surface area contributed by atoms with Gasteiger partial charge >= 0.3 is 69.2 Å². The van der Waals surface area contributed by atoms with Gasteiger partial charge in [-0.05, 0) is 18.6 Å². The second-order valence-electron chi connectivity index (χ2n) is 8.45. The van der Waals surface area contributed by atoms with Crippen LogP contribution in [0, 0.1) is 0 Å². The van der Waals surface area contributed by atoms with Gasteiger partial charge in [-0.15, -0.1) is 0 Å². The van der Waals surface area contributed by atoms with E-state index in [1.54, 1.807) is 24.3 Å². The average molecular weight is 597 g/mol. The Balaban J connectivity index is -0.000000748. The minimum Gasteiger partial charge on any atom is -0.550 e. The minimum atomic E-state index is -4.94. The second kappa shape index (κ2) is 24.6. The number of hydrogen-bond donors (Lipinski definition) is 1. The van der Waals surface area contributed by atoms with E-state index in [1.807, 2.05) is 6.07 Å². The zero-order chi connectivity index (χ0) is 27.5. The number of carbonyl (C=O) groups excluding carboxylic acids is 2. The Kier molecular flexibility index (Phi) is 27.4. The molecule has 0 aliphatic rings. The van der Waals surface area contributed by atoms with Gasteiger partial charge in [0, 0.05) is 12.4 Å². The molecule has 0 fully saturated rings. The Hall–Kier alpha value is -0.180. The third-order valence-corrected chi connectivity index (χ3v) is 7.50. The number of benzene rings is 1. The molecular weight excluding hydrogens is 558 g/mol. The van der Waals surface area contributed by atoms with Crippen molar-refractivity contribution in [1.82, 2.24) is 0 Å². The van der Waals surface area contributed by atoms with Crippen LogP contribution in [-0.4, -0.2) is 44.3 Å². The number of carbonyl (C=O) groups is 2. The number of aliphatic carboxylic acids is 2. The minimum absolute atomic E-state index is 0. The molecule has 0 spiro atoms. The summed E-state index contributed by atoms with van der Waals surface area (Å²) < 4.78 is 57.3. The first kappa shape index (κ1) is 42.3. The first-order valence-corrected chi connectivity index (χ1v) is 15.3. The first-order chi connectivity index (χ1) is 16.9. The van der Waals surface area contributed by atoms with Crippen LogP contribution < -0.4 is 73.5 Å². The van der Waals surface area contributed by atoms with E-state index in [0.717, 1.165) is 12.8 Å². The monoisotopic (exact) mass is 596 g/mol. The van der Waals surface area contributed by atoms with Crippen molar-refractivity contribution in [3.63, 3.8) is 0 Å². The fourth-order valence-electron chi connectivity index (χ4n) is 3.25. The maximum atomic E-state index is 11.9. The molecule has 0 aliphatic heterocycles. The Morgan fingerprint density at radius 3 is 1.55 bits per heavy atom. The SMILES string of the molecule is CCCCCCCCCCCCCCS(=O)(=O)Oc1ccccc1.O=C([O-])CC(C(=O)[O-])S(=O)(=O)O.[Na+].[Na+]. The van der Waals surface area contributed by atoms with Crippen molar-refractivity contribution in [1.29, 1.82) is 0 Å². The van der Waals surface area contributed by atoms with Crippen LogP contribution >= 0.6 is 0 Å². The maximum Gasteiger partial charge on any atom is 1.00 e. The van der Waals surface area contributed by atoms with E-state index in [-0.39, 0.29) is 64.9 Å². The van der Waals surface area contributed by atoms with E-state index in [4.69, 9.17) is 8.74 Å². The van der Waals surface area contributed by atoms with E-state index in [9.17, 15) is 36.6 Å². The van der Waals surface area contributed by atoms with Gasteiger partial charge in [-0.3, -0.25) is 4.55 Å². The molecule has 1 N–H and O–H groups in total. The van der Waals surface area contributed by atoms with Gasteiger partial charge in [0.25, 0.3) is 10.1 Å². The van der Waals surface area contributed by atoms with Gasteiger partial charge in [0.2, 0.25) is 0 Å². The summed E-state index contributed by atoms with van der Waals surface area (Å²) in [6.07, 6.45) is 13.4. The molecule has 1 aromatic rings. The Labute approximate surface area is 271 Å². The molecule has 0 saturated carbocycles. The van der Waals surface area contributed by atoms with Crippen LogP contribution in [0.15, 0.2) is 30.3 Å². The molecular formula is C24H38Na2O10S2. The van der Waals surface area contributed by atoms with E-state index in [1.165, 1.54) is 57.8 Å². The zero-order valence-corrected chi connectivity index (χ0v) is 28.4. The summed E-state index contributed by atoms with van der Waals surface area (Å²) >= 11 is 0. The molecule has 38 heavy (non-hydrogen) atoms. The molecule has 1 unspecified atom stereocenters. The van der Waals surface area contributed by atoms with Gasteiger partial charge in [0.15, 0.2) is 0 Å². The van der Waals surface area contributed by atoms with Crippen molar-refractivity contribution in [2.45, 2.75) is 95.6 Å². The van der Waals surface area contributed by atoms with E-state index >= 15 is 0 Å². The first-order valence-electron chi connectivity index (χ1n) is 12.2. The molecule has 14 heteroatoms. The third-order valence-electron chi connectivity index (χ3n) is 5.19. The summed E-state index contributed by atoms with van der Waals surface area (Å²) in [5, 5.41) is 17.3. The van der Waals surface area contributed by atoms with Crippen LogP contribution in [0.25, 0.3) is 0 Å². The molecule has 0 aromatic heterocycles. The summed E-state index contributed by atoms with van der Waals surface area (Å²) in [6, 6.07) is 8.72. The molecule has 0 radical (unpaired) electrons. The molecule has 1 rings (SSSR count). The van der Waals surface area contributed by atoms with Crippen LogP contribution in [0.1, 0.15) is 90.4 Å². The maximum absolute atomic E-state index is 11.9. The zero-order valence-electron chi connectivity index (χ0n) is 22.8. The van der Waals surface area contributed by atoms with E-state index in [2.05, 4.69) is 6.92 Å². The van der Waals surface area contributed by atoms with Crippen LogP contribution in [-0.2, 0) is 29.8 Å². The largest absolute Gasteiger partial charge is 1.00 e. The van der Waals surface area contributed by atoms with Crippen molar-refractivity contribution < 1.29 is 104 Å². The third kappa shape index (κ3) is 24.8. The Bertz CT molecular complexity index is 956. The second-order valence-corrected chi connectivity index (χ2v) is 11.7. The van der Waals surface area contributed by atoms with Gasteiger partial charge < -0.3 is 24.0 Å². The van der Waals surface area contributed by atoms with Crippen LogP contribution in [0.3, 0.4) is 0 Å². The molecule has 1 aromatic carbocycles. The molecule has 0 aliphatic carbocycles. The number of unbranched alkanes of at least 4 members (excludes halogenated alkanes) is 11. The number of rotatable bonds is 19. The molecule has 208 valence electrons. The van der Waals surface area contributed by atoms with Crippen molar-refractivity contribution in [3.8, 4) is 5.75 Å². The van der Waals surface area contributed by atoms with Crippen molar-refractivity contribution in [2.24, 2.45) is 0 Å². The summed E-state index contributed by atoms with van der Waals surface area (Å²) in [5.41, 5.74) is 0. The summed E-state index contributed by atoms with van der Waals surface area (Å²) in [6.45, 7) is 2.25. The van der Waals surface area contributed by atoms with Crippen molar-refractivity contribution >= 4 is 32.2 Å². The summed E-state index contributed by atoms with van der Waals surface area (Å²) in [7, 11) is -8.39. The molecule has 0 heterocycles. The molecule has 10 nitrogen and oxygen atoms in total. The topological polar surface area (TPSA) is 178 Å². The smallest absolute Gasteiger partial charge is 0.550 e. The number of para-hydroxylation sites is 1. The van der Waals surface area contributed by atoms with Crippen LogP contribution in [0.4, 0.5) is 0 Å². The van der Waals surface area contributed by atoms with Gasteiger partial charge in [-0.1, -0.05) is 95.8 Å². The van der Waals surface area contributed by atoms with Crippen LogP contribution in [0.5, 0.6) is 5.75 Å². The number of carboxylic acids is 2. The van der Waals surface area contributed by atoms with Crippen LogP contribution in [0.2, 0.25) is 0 Å². The van der Waals surface area contributed by atoms with Gasteiger partial charge in [-0.25, -0.2) is 0 Å². The molecule has 1 atom stereocenters. The Morgan fingerprint density at radius 2 is 1.21 bits per heavy atom. The molecule has 0 saturated heterocycles. The predicted molar refractivity (Wildman–Crippen MR) is 132 cm³/mol. The standard InChI is InChI=1S/C20H34O3S.C4H6O7S.2Na/c1-2-3-4-5-6-7-8-9-10-11-12-16-19-24(21,22)23-20-17-14-13-15-18-20;5-3(6)1-2(4(7)8)12(9,10)11;;/h13-15,17-18H,2-12,16,19H2,1H3;2H,1H2,(H,5,6)(H,7,8)(H,9,10,11);;/q;;2*+1/p-2. The molecule has 0 bridgehead atoms. The van der Waals surface area contributed by atoms with Gasteiger partial charge in [0.05, 0.1) is 11.7 Å².